The molecule has 0 spiro atoms. The zero-order valence-corrected chi connectivity index (χ0v) is 13.7. The molecule has 3 rings (SSSR count). The monoisotopic (exact) mass is 286 g/mol. The van der Waals surface area contributed by atoms with Gasteiger partial charge >= 0.3 is 0 Å². The van der Waals surface area contributed by atoms with E-state index in [1.54, 1.807) is 0 Å². The molecule has 1 aliphatic heterocycles. The maximum absolute atomic E-state index is 3.85. The van der Waals surface area contributed by atoms with Gasteiger partial charge in [-0.15, -0.1) is 0 Å². The second kappa shape index (κ2) is 6.39. The first kappa shape index (κ1) is 14.9. The molecule has 1 saturated heterocycles. The first-order chi connectivity index (χ1) is 10.1. The van der Waals surface area contributed by atoms with E-state index in [1.807, 2.05) is 0 Å². The third kappa shape index (κ3) is 4.00. The Bertz CT molecular complexity index is 460. The van der Waals surface area contributed by atoms with Gasteiger partial charge in [-0.25, -0.2) is 0 Å². The summed E-state index contributed by atoms with van der Waals surface area (Å²) in [6.07, 6.45) is 8.09. The second-order valence-electron chi connectivity index (χ2n) is 7.74. The zero-order valence-electron chi connectivity index (χ0n) is 13.7. The van der Waals surface area contributed by atoms with Crippen LogP contribution in [-0.2, 0) is 6.54 Å². The van der Waals surface area contributed by atoms with E-state index < -0.39 is 0 Å². The minimum atomic E-state index is 0.500. The fourth-order valence-electron chi connectivity index (χ4n) is 4.02. The van der Waals surface area contributed by atoms with Gasteiger partial charge in [-0.1, -0.05) is 38.5 Å². The normalized spacial score (nSPS) is 25.9. The van der Waals surface area contributed by atoms with Crippen molar-refractivity contribution in [2.45, 2.75) is 65.0 Å². The van der Waals surface area contributed by atoms with Gasteiger partial charge in [0, 0.05) is 18.3 Å². The average molecular weight is 286 g/mol. The minimum Gasteiger partial charge on any atom is -0.382 e. The lowest BCUT2D eigenvalue weighted by Gasteiger charge is -2.36. The summed E-state index contributed by atoms with van der Waals surface area (Å²) in [6.45, 7) is 8.48. The van der Waals surface area contributed by atoms with E-state index in [0.29, 0.717) is 11.5 Å². The molecule has 1 aromatic carbocycles. The van der Waals surface area contributed by atoms with Crippen molar-refractivity contribution in [1.82, 2.24) is 4.90 Å². The average Bonchev–Trinajstić information content (AvgIpc) is 2.93. The molecule has 2 aliphatic rings. The van der Waals surface area contributed by atoms with Gasteiger partial charge in [-0.2, -0.15) is 0 Å². The van der Waals surface area contributed by atoms with Gasteiger partial charge in [-0.05, 0) is 62.2 Å². The Balaban J connectivity index is 1.67. The van der Waals surface area contributed by atoms with Crippen molar-refractivity contribution < 1.29 is 0 Å². The molecule has 1 aliphatic carbocycles. The predicted octanol–water partition coefficient (Wildman–Crippen LogP) is 4.66. The van der Waals surface area contributed by atoms with E-state index in [4.69, 9.17) is 0 Å². The van der Waals surface area contributed by atoms with Gasteiger partial charge in [0.25, 0.3) is 0 Å². The molecule has 1 N–H and O–H groups in total. The van der Waals surface area contributed by atoms with Crippen LogP contribution in [0.4, 0.5) is 5.69 Å². The summed E-state index contributed by atoms with van der Waals surface area (Å²) < 4.78 is 0. The smallest absolute Gasteiger partial charge is 0.0388 e. The third-order valence-corrected chi connectivity index (χ3v) is 5.17. The Morgan fingerprint density at radius 1 is 1.14 bits per heavy atom. The molecule has 0 bridgehead atoms. The number of para-hydroxylation sites is 1. The Morgan fingerprint density at radius 2 is 1.90 bits per heavy atom. The summed E-state index contributed by atoms with van der Waals surface area (Å²) >= 11 is 0. The van der Waals surface area contributed by atoms with Crippen molar-refractivity contribution in [3.8, 4) is 0 Å². The van der Waals surface area contributed by atoms with Crippen molar-refractivity contribution in [2.24, 2.45) is 5.41 Å². The van der Waals surface area contributed by atoms with Crippen LogP contribution in [-0.4, -0.2) is 24.0 Å². The first-order valence-corrected chi connectivity index (χ1v) is 8.69. The molecule has 0 radical (unpaired) electrons. The predicted molar refractivity (Wildman–Crippen MR) is 90.6 cm³/mol. The molecule has 1 atom stereocenters. The summed E-state index contributed by atoms with van der Waals surface area (Å²) in [5.74, 6) is 0. The Morgan fingerprint density at radius 3 is 2.67 bits per heavy atom. The van der Waals surface area contributed by atoms with Crippen LogP contribution >= 0.6 is 0 Å². The van der Waals surface area contributed by atoms with Gasteiger partial charge < -0.3 is 5.32 Å². The number of likely N-dealkylation sites (tertiary alicyclic amines) is 1. The number of rotatable bonds is 4. The molecule has 1 heterocycles. The molecule has 1 saturated carbocycles. The topological polar surface area (TPSA) is 15.3 Å². The lowest BCUT2D eigenvalue weighted by atomic mass is 9.75. The first-order valence-electron chi connectivity index (χ1n) is 8.69. The molecule has 0 aromatic heterocycles. The van der Waals surface area contributed by atoms with Crippen molar-refractivity contribution in [1.29, 1.82) is 0 Å². The number of hydrogen-bond acceptors (Lipinski definition) is 2. The number of benzene rings is 1. The Labute approximate surface area is 129 Å². The summed E-state index contributed by atoms with van der Waals surface area (Å²) in [5, 5.41) is 3.85. The van der Waals surface area contributed by atoms with Crippen LogP contribution in [0, 0.1) is 5.41 Å². The van der Waals surface area contributed by atoms with Crippen LogP contribution in [0.15, 0.2) is 24.3 Å². The lowest BCUT2D eigenvalue weighted by molar-refractivity contribution is 0.229. The van der Waals surface area contributed by atoms with Crippen molar-refractivity contribution >= 4 is 5.69 Å². The van der Waals surface area contributed by atoms with Gasteiger partial charge in [0.05, 0.1) is 0 Å². The number of nitrogens with one attached hydrogen (secondary N) is 1. The fraction of sp³-hybridized carbons (Fsp3) is 0.684. The van der Waals surface area contributed by atoms with Crippen LogP contribution in [0.2, 0.25) is 0 Å². The standard InChI is InChI=1S/C19H30N2/c1-19(2)11-7-9-17(14-19)20-18-10-4-3-8-16(18)15-21-12-5-6-13-21/h3-4,8,10,17,20H,5-7,9,11-15H2,1-2H3. The molecule has 21 heavy (non-hydrogen) atoms. The largest absolute Gasteiger partial charge is 0.382 e. The van der Waals surface area contributed by atoms with E-state index in [9.17, 15) is 0 Å². The minimum absolute atomic E-state index is 0.500. The van der Waals surface area contributed by atoms with E-state index in [-0.39, 0.29) is 0 Å². The number of anilines is 1. The van der Waals surface area contributed by atoms with Gasteiger partial charge in [-0.3, -0.25) is 4.90 Å². The molecule has 2 heteroatoms. The van der Waals surface area contributed by atoms with Crippen molar-refractivity contribution in [2.75, 3.05) is 18.4 Å². The van der Waals surface area contributed by atoms with Crippen LogP contribution in [0.25, 0.3) is 0 Å². The molecule has 2 fully saturated rings. The maximum Gasteiger partial charge on any atom is 0.0388 e. The molecule has 0 amide bonds. The highest BCUT2D eigenvalue weighted by Gasteiger charge is 2.28. The molecule has 116 valence electrons. The van der Waals surface area contributed by atoms with Crippen molar-refractivity contribution in [3.63, 3.8) is 0 Å². The van der Waals surface area contributed by atoms with Gasteiger partial charge in [0.15, 0.2) is 0 Å². The van der Waals surface area contributed by atoms with Crippen LogP contribution in [0.5, 0.6) is 0 Å². The summed E-state index contributed by atoms with van der Waals surface area (Å²) in [6, 6.07) is 9.57. The SMILES string of the molecule is CC1(C)CCCC(Nc2ccccc2CN2CCCC2)C1. The van der Waals surface area contributed by atoms with E-state index in [0.717, 1.165) is 6.54 Å². The quantitative estimate of drug-likeness (QED) is 0.865. The molecule has 2 nitrogen and oxygen atoms in total. The van der Waals surface area contributed by atoms with Crippen LogP contribution < -0.4 is 5.32 Å². The number of hydrogen-bond donors (Lipinski definition) is 1. The third-order valence-electron chi connectivity index (χ3n) is 5.17. The molecular formula is C19H30N2. The van der Waals surface area contributed by atoms with Gasteiger partial charge in [0.1, 0.15) is 0 Å². The fourth-order valence-corrected chi connectivity index (χ4v) is 4.02. The Hall–Kier alpha value is -1.02. The highest BCUT2D eigenvalue weighted by Crippen LogP contribution is 2.36. The Kier molecular flexibility index (Phi) is 4.54. The second-order valence-corrected chi connectivity index (χ2v) is 7.74. The van der Waals surface area contributed by atoms with Crippen LogP contribution in [0.1, 0.15) is 57.9 Å². The summed E-state index contributed by atoms with van der Waals surface area (Å²) in [7, 11) is 0. The highest BCUT2D eigenvalue weighted by molar-refractivity contribution is 5.51. The summed E-state index contributed by atoms with van der Waals surface area (Å²) in [4.78, 5) is 2.59. The van der Waals surface area contributed by atoms with Gasteiger partial charge in [0.2, 0.25) is 0 Å². The van der Waals surface area contributed by atoms with Crippen LogP contribution in [0.3, 0.4) is 0 Å². The highest BCUT2D eigenvalue weighted by atomic mass is 15.1. The van der Waals surface area contributed by atoms with E-state index in [2.05, 4.69) is 48.3 Å². The van der Waals surface area contributed by atoms with E-state index >= 15 is 0 Å². The molecular weight excluding hydrogens is 256 g/mol. The molecule has 1 unspecified atom stereocenters. The summed E-state index contributed by atoms with van der Waals surface area (Å²) in [5.41, 5.74) is 3.34. The van der Waals surface area contributed by atoms with Crippen molar-refractivity contribution in [3.05, 3.63) is 29.8 Å². The zero-order chi connectivity index (χ0) is 14.7. The number of nitrogens with zero attached hydrogens (tertiary/aromatic N) is 1. The lowest BCUT2D eigenvalue weighted by Crippen LogP contribution is -2.32. The van der Waals surface area contributed by atoms with E-state index in [1.165, 1.54) is 62.9 Å². The maximum atomic E-state index is 3.85. The molecule has 1 aromatic rings.